The van der Waals surface area contributed by atoms with Gasteiger partial charge in [0.25, 0.3) is 5.91 Å². The number of halogens is 1. The summed E-state index contributed by atoms with van der Waals surface area (Å²) in [4.78, 5) is 14.6. The van der Waals surface area contributed by atoms with Crippen LogP contribution in [-0.2, 0) is 0 Å². The van der Waals surface area contributed by atoms with Gasteiger partial charge < -0.3 is 4.90 Å². The first-order valence-corrected chi connectivity index (χ1v) is 6.76. The van der Waals surface area contributed by atoms with Gasteiger partial charge in [0, 0.05) is 22.5 Å². The van der Waals surface area contributed by atoms with Gasteiger partial charge in [0.2, 0.25) is 0 Å². The maximum absolute atomic E-state index is 13.2. The minimum Gasteiger partial charge on any atom is -0.333 e. The highest BCUT2D eigenvalue weighted by atomic mass is 32.1. The fraction of sp³-hybridized carbons (Fsp3) is 0.500. The largest absolute Gasteiger partial charge is 0.333 e. The molecular formula is C14H18FNOS. The van der Waals surface area contributed by atoms with Crippen LogP contribution in [0.25, 0.3) is 0 Å². The normalized spacial score (nSPS) is 24.1. The second-order valence-electron chi connectivity index (χ2n) is 5.01. The molecule has 0 aliphatic carbocycles. The van der Waals surface area contributed by atoms with Crippen LogP contribution in [0.4, 0.5) is 4.39 Å². The molecule has 4 heteroatoms. The average Bonchev–Trinajstić information content (AvgIpc) is 2.32. The molecule has 1 amide bonds. The third-order valence-corrected chi connectivity index (χ3v) is 3.96. The van der Waals surface area contributed by atoms with Crippen LogP contribution in [0.5, 0.6) is 0 Å². The second kappa shape index (κ2) is 5.31. The van der Waals surface area contributed by atoms with E-state index >= 15 is 0 Å². The molecule has 0 spiro atoms. The molecule has 1 aromatic rings. The van der Waals surface area contributed by atoms with Gasteiger partial charge in [-0.1, -0.05) is 0 Å². The Bertz CT molecular complexity index is 453. The second-order valence-corrected chi connectivity index (χ2v) is 5.49. The summed E-state index contributed by atoms with van der Waals surface area (Å²) in [6.07, 6.45) is 3.23. The Morgan fingerprint density at radius 2 is 1.94 bits per heavy atom. The van der Waals surface area contributed by atoms with Crippen molar-refractivity contribution in [3.05, 3.63) is 29.6 Å². The smallest absolute Gasteiger partial charge is 0.254 e. The minimum absolute atomic E-state index is 0.0231. The standard InChI is InChI=1S/C14H18FNOS/c1-9-4-3-5-10(2)16(9)14(17)11-6-7-12(15)13(18)8-11/h6-10,18H,3-5H2,1-2H3/t9-,10+. The zero-order valence-electron chi connectivity index (χ0n) is 10.7. The highest BCUT2D eigenvalue weighted by molar-refractivity contribution is 7.80. The van der Waals surface area contributed by atoms with E-state index in [0.29, 0.717) is 5.56 Å². The van der Waals surface area contributed by atoms with Crippen molar-refractivity contribution in [2.45, 2.75) is 50.1 Å². The van der Waals surface area contributed by atoms with Crippen LogP contribution >= 0.6 is 12.6 Å². The van der Waals surface area contributed by atoms with Crippen molar-refractivity contribution in [1.82, 2.24) is 4.90 Å². The Labute approximate surface area is 113 Å². The Morgan fingerprint density at radius 1 is 1.33 bits per heavy atom. The number of piperidine rings is 1. The lowest BCUT2D eigenvalue weighted by Crippen LogP contribution is -2.47. The molecule has 1 aliphatic rings. The lowest BCUT2D eigenvalue weighted by molar-refractivity contribution is 0.0510. The minimum atomic E-state index is -0.394. The van der Waals surface area contributed by atoms with Crippen molar-refractivity contribution in [3.8, 4) is 0 Å². The van der Waals surface area contributed by atoms with Crippen LogP contribution in [0.15, 0.2) is 23.1 Å². The van der Waals surface area contributed by atoms with Crippen LogP contribution in [-0.4, -0.2) is 22.9 Å². The van der Waals surface area contributed by atoms with Gasteiger partial charge in [0.1, 0.15) is 5.82 Å². The molecule has 2 atom stereocenters. The molecule has 0 saturated carbocycles. The number of nitrogens with zero attached hydrogens (tertiary/aromatic N) is 1. The number of hydrogen-bond donors (Lipinski definition) is 1. The summed E-state index contributed by atoms with van der Waals surface area (Å²) in [5.41, 5.74) is 0.516. The van der Waals surface area contributed by atoms with Crippen LogP contribution in [0.2, 0.25) is 0 Å². The van der Waals surface area contributed by atoms with Gasteiger partial charge in [0.15, 0.2) is 0 Å². The van der Waals surface area contributed by atoms with Gasteiger partial charge in [-0.05, 0) is 51.3 Å². The predicted octanol–water partition coefficient (Wildman–Crippen LogP) is 3.52. The number of amides is 1. The summed E-state index contributed by atoms with van der Waals surface area (Å²) in [5.74, 6) is -0.417. The van der Waals surface area contributed by atoms with E-state index in [-0.39, 0.29) is 22.9 Å². The molecule has 1 aromatic carbocycles. The first-order valence-electron chi connectivity index (χ1n) is 6.32. The van der Waals surface area contributed by atoms with Crippen LogP contribution in [0.3, 0.4) is 0 Å². The molecule has 1 saturated heterocycles. The number of carbonyl (C=O) groups excluding carboxylic acids is 1. The molecule has 18 heavy (non-hydrogen) atoms. The van der Waals surface area contributed by atoms with Gasteiger partial charge in [0.05, 0.1) is 0 Å². The Kier molecular flexibility index (Phi) is 3.95. The van der Waals surface area contributed by atoms with Crippen molar-refractivity contribution in [1.29, 1.82) is 0 Å². The molecule has 0 unspecified atom stereocenters. The molecule has 0 N–H and O–H groups in total. The summed E-state index contributed by atoms with van der Waals surface area (Å²) in [5, 5.41) is 0. The average molecular weight is 267 g/mol. The van der Waals surface area contributed by atoms with E-state index in [9.17, 15) is 9.18 Å². The number of likely N-dealkylation sites (tertiary alicyclic amines) is 1. The summed E-state index contributed by atoms with van der Waals surface area (Å²) in [6.45, 7) is 4.14. The van der Waals surface area contributed by atoms with Gasteiger partial charge in [-0.25, -0.2) is 4.39 Å². The van der Waals surface area contributed by atoms with Crippen molar-refractivity contribution >= 4 is 18.5 Å². The molecule has 2 nitrogen and oxygen atoms in total. The number of carbonyl (C=O) groups is 1. The maximum atomic E-state index is 13.2. The number of benzene rings is 1. The van der Waals surface area contributed by atoms with Gasteiger partial charge >= 0.3 is 0 Å². The molecule has 0 bridgehead atoms. The zero-order chi connectivity index (χ0) is 13.3. The molecule has 0 aromatic heterocycles. The monoisotopic (exact) mass is 267 g/mol. The maximum Gasteiger partial charge on any atom is 0.254 e. The molecule has 1 heterocycles. The van der Waals surface area contributed by atoms with Gasteiger partial charge in [-0.15, -0.1) is 12.6 Å². The first-order chi connectivity index (χ1) is 8.50. The van der Waals surface area contributed by atoms with E-state index in [1.54, 1.807) is 0 Å². The molecule has 2 rings (SSSR count). The fourth-order valence-corrected chi connectivity index (χ4v) is 2.83. The van der Waals surface area contributed by atoms with Gasteiger partial charge in [-0.3, -0.25) is 4.79 Å². The Morgan fingerprint density at radius 3 is 2.50 bits per heavy atom. The fourth-order valence-electron chi connectivity index (χ4n) is 2.62. The van der Waals surface area contributed by atoms with Crippen LogP contribution in [0.1, 0.15) is 43.5 Å². The first kappa shape index (κ1) is 13.4. The summed E-state index contributed by atoms with van der Waals surface area (Å²) >= 11 is 4.03. The number of hydrogen-bond acceptors (Lipinski definition) is 2. The zero-order valence-corrected chi connectivity index (χ0v) is 11.6. The molecule has 0 radical (unpaired) electrons. The van der Waals surface area contributed by atoms with E-state index in [0.717, 1.165) is 19.3 Å². The highest BCUT2D eigenvalue weighted by Crippen LogP contribution is 2.25. The van der Waals surface area contributed by atoms with Crippen LogP contribution in [0, 0.1) is 5.82 Å². The van der Waals surface area contributed by atoms with Crippen LogP contribution < -0.4 is 0 Å². The summed E-state index contributed by atoms with van der Waals surface area (Å²) < 4.78 is 13.2. The lowest BCUT2D eigenvalue weighted by Gasteiger charge is -2.39. The van der Waals surface area contributed by atoms with E-state index in [1.165, 1.54) is 18.2 Å². The molecular weight excluding hydrogens is 249 g/mol. The lowest BCUT2D eigenvalue weighted by atomic mass is 9.96. The van der Waals surface area contributed by atoms with E-state index in [4.69, 9.17) is 0 Å². The molecule has 98 valence electrons. The van der Waals surface area contributed by atoms with Crippen molar-refractivity contribution in [2.75, 3.05) is 0 Å². The van der Waals surface area contributed by atoms with Crippen molar-refractivity contribution < 1.29 is 9.18 Å². The quantitative estimate of drug-likeness (QED) is 0.772. The topological polar surface area (TPSA) is 20.3 Å². The Hall–Kier alpha value is -1.03. The summed E-state index contributed by atoms with van der Waals surface area (Å²) in [7, 11) is 0. The number of thiol groups is 1. The van der Waals surface area contributed by atoms with E-state index in [2.05, 4.69) is 26.5 Å². The Balaban J connectivity index is 2.26. The van der Waals surface area contributed by atoms with Crippen molar-refractivity contribution in [2.24, 2.45) is 0 Å². The molecule has 1 fully saturated rings. The summed E-state index contributed by atoms with van der Waals surface area (Å²) in [6, 6.07) is 4.83. The van der Waals surface area contributed by atoms with E-state index in [1.807, 2.05) is 4.90 Å². The number of rotatable bonds is 1. The molecule has 1 aliphatic heterocycles. The van der Waals surface area contributed by atoms with E-state index < -0.39 is 5.82 Å². The third kappa shape index (κ3) is 2.53. The van der Waals surface area contributed by atoms with Crippen molar-refractivity contribution in [3.63, 3.8) is 0 Å². The van der Waals surface area contributed by atoms with Gasteiger partial charge in [-0.2, -0.15) is 0 Å². The SMILES string of the molecule is C[C@@H]1CCC[C@H](C)N1C(=O)c1ccc(F)c(S)c1. The third-order valence-electron chi connectivity index (χ3n) is 3.62. The predicted molar refractivity (Wildman–Crippen MR) is 72.6 cm³/mol. The highest BCUT2D eigenvalue weighted by Gasteiger charge is 2.29.